The summed E-state index contributed by atoms with van der Waals surface area (Å²) in [5, 5.41) is 13.7. The van der Waals surface area contributed by atoms with Gasteiger partial charge in [0.1, 0.15) is 17.6 Å². The van der Waals surface area contributed by atoms with Gasteiger partial charge >= 0.3 is 18.0 Å². The molecule has 0 radical (unpaired) electrons. The van der Waals surface area contributed by atoms with Crippen LogP contribution in [0.15, 0.2) is 16.5 Å². The summed E-state index contributed by atoms with van der Waals surface area (Å²) < 4.78 is 9.68. The van der Waals surface area contributed by atoms with Gasteiger partial charge < -0.3 is 24.9 Å². The number of hydrogen-bond donors (Lipinski definition) is 3. The zero-order valence-electron chi connectivity index (χ0n) is 11.8. The van der Waals surface area contributed by atoms with Crippen molar-refractivity contribution in [2.75, 3.05) is 7.11 Å². The van der Waals surface area contributed by atoms with Gasteiger partial charge in [0.15, 0.2) is 0 Å². The van der Waals surface area contributed by atoms with Gasteiger partial charge in [-0.1, -0.05) is 0 Å². The summed E-state index contributed by atoms with van der Waals surface area (Å²) in [5.41, 5.74) is 0. The summed E-state index contributed by atoms with van der Waals surface area (Å²) in [5.74, 6) is -0.477. The number of esters is 1. The SMILES string of the molecule is COC(=O)CC[C@H](NC(=O)NCc1ccc(C)o1)C(=O)O. The second kappa shape index (κ2) is 7.93. The molecule has 0 unspecified atom stereocenters. The molecule has 1 heterocycles. The molecule has 1 atom stereocenters. The fourth-order valence-electron chi connectivity index (χ4n) is 1.58. The van der Waals surface area contributed by atoms with Gasteiger partial charge in [0.25, 0.3) is 0 Å². The minimum atomic E-state index is -1.22. The first kappa shape index (κ1) is 16.5. The molecule has 0 bridgehead atoms. The highest BCUT2D eigenvalue weighted by molar-refractivity contribution is 5.83. The van der Waals surface area contributed by atoms with E-state index in [-0.39, 0.29) is 19.4 Å². The summed E-state index contributed by atoms with van der Waals surface area (Å²) in [6.45, 7) is 1.92. The summed E-state index contributed by atoms with van der Waals surface area (Å²) in [6, 6.07) is 1.65. The molecule has 2 amide bonds. The van der Waals surface area contributed by atoms with E-state index in [9.17, 15) is 14.4 Å². The maximum Gasteiger partial charge on any atom is 0.326 e. The first-order valence-corrected chi connectivity index (χ1v) is 6.31. The fraction of sp³-hybridized carbons (Fsp3) is 0.462. The van der Waals surface area contributed by atoms with Crippen molar-refractivity contribution >= 4 is 18.0 Å². The monoisotopic (exact) mass is 298 g/mol. The minimum Gasteiger partial charge on any atom is -0.480 e. The van der Waals surface area contributed by atoms with Gasteiger partial charge in [-0.15, -0.1) is 0 Å². The summed E-state index contributed by atoms with van der Waals surface area (Å²) in [6.07, 6.45) is -0.138. The van der Waals surface area contributed by atoms with Crippen LogP contribution in [-0.4, -0.2) is 36.2 Å². The Morgan fingerprint density at radius 2 is 2.10 bits per heavy atom. The second-order valence-electron chi connectivity index (χ2n) is 4.35. The van der Waals surface area contributed by atoms with E-state index in [1.807, 2.05) is 0 Å². The number of aliphatic carboxylic acids is 1. The lowest BCUT2D eigenvalue weighted by atomic mass is 10.1. The van der Waals surface area contributed by atoms with E-state index in [0.717, 1.165) is 0 Å². The lowest BCUT2D eigenvalue weighted by molar-refractivity contribution is -0.142. The maximum absolute atomic E-state index is 11.6. The number of rotatable bonds is 7. The quantitative estimate of drug-likeness (QED) is 0.641. The highest BCUT2D eigenvalue weighted by Gasteiger charge is 2.21. The predicted molar refractivity (Wildman–Crippen MR) is 71.5 cm³/mol. The molecule has 0 saturated carbocycles. The smallest absolute Gasteiger partial charge is 0.326 e. The van der Waals surface area contributed by atoms with Crippen molar-refractivity contribution < 1.29 is 28.6 Å². The van der Waals surface area contributed by atoms with Crippen LogP contribution in [0.4, 0.5) is 4.79 Å². The van der Waals surface area contributed by atoms with Crippen molar-refractivity contribution in [2.24, 2.45) is 0 Å². The van der Waals surface area contributed by atoms with Crippen molar-refractivity contribution in [2.45, 2.75) is 32.4 Å². The Morgan fingerprint density at radius 3 is 2.62 bits per heavy atom. The molecular weight excluding hydrogens is 280 g/mol. The number of nitrogens with one attached hydrogen (secondary N) is 2. The summed E-state index contributed by atoms with van der Waals surface area (Å²) in [4.78, 5) is 33.6. The maximum atomic E-state index is 11.6. The Balaban J connectivity index is 2.41. The molecule has 8 heteroatoms. The summed E-state index contributed by atoms with van der Waals surface area (Å²) >= 11 is 0. The van der Waals surface area contributed by atoms with E-state index in [1.54, 1.807) is 19.1 Å². The number of aryl methyl sites for hydroxylation is 1. The number of furan rings is 1. The molecule has 116 valence electrons. The summed E-state index contributed by atoms with van der Waals surface area (Å²) in [7, 11) is 1.21. The first-order valence-electron chi connectivity index (χ1n) is 6.31. The van der Waals surface area contributed by atoms with Crippen LogP contribution in [-0.2, 0) is 20.9 Å². The Morgan fingerprint density at radius 1 is 1.38 bits per heavy atom. The standard InChI is InChI=1S/C13H18N2O6/c1-8-3-4-9(21-8)7-14-13(19)15-10(12(17)18)5-6-11(16)20-2/h3-4,10H,5-7H2,1-2H3,(H,17,18)(H2,14,15,19)/t10-/m0/s1. The van der Waals surface area contributed by atoms with Crippen molar-refractivity contribution in [1.29, 1.82) is 0 Å². The third kappa shape index (κ3) is 5.98. The number of carbonyl (C=O) groups excluding carboxylic acids is 2. The van der Waals surface area contributed by atoms with Crippen LogP contribution in [0.25, 0.3) is 0 Å². The molecule has 0 aromatic carbocycles. The van der Waals surface area contributed by atoms with Gasteiger partial charge in [-0.25, -0.2) is 9.59 Å². The number of ether oxygens (including phenoxy) is 1. The number of carbonyl (C=O) groups is 3. The zero-order chi connectivity index (χ0) is 15.8. The highest BCUT2D eigenvalue weighted by atomic mass is 16.5. The number of methoxy groups -OCH3 is 1. The molecule has 0 aliphatic rings. The molecule has 1 rings (SSSR count). The molecule has 0 fully saturated rings. The third-order valence-corrected chi connectivity index (χ3v) is 2.69. The van der Waals surface area contributed by atoms with Crippen LogP contribution >= 0.6 is 0 Å². The van der Waals surface area contributed by atoms with Crippen molar-refractivity contribution in [3.05, 3.63) is 23.7 Å². The molecule has 3 N–H and O–H groups in total. The highest BCUT2D eigenvalue weighted by Crippen LogP contribution is 2.05. The van der Waals surface area contributed by atoms with Gasteiger partial charge in [0.2, 0.25) is 0 Å². The van der Waals surface area contributed by atoms with Gasteiger partial charge in [-0.05, 0) is 25.5 Å². The Bertz CT molecular complexity index is 511. The molecule has 0 aliphatic carbocycles. The molecule has 0 aliphatic heterocycles. The molecule has 21 heavy (non-hydrogen) atoms. The van der Waals surface area contributed by atoms with Crippen LogP contribution in [0.1, 0.15) is 24.4 Å². The van der Waals surface area contributed by atoms with E-state index >= 15 is 0 Å². The van der Waals surface area contributed by atoms with E-state index in [1.165, 1.54) is 7.11 Å². The van der Waals surface area contributed by atoms with Crippen LogP contribution in [0.3, 0.4) is 0 Å². The molecule has 1 aromatic heterocycles. The Labute approximate surface area is 121 Å². The van der Waals surface area contributed by atoms with E-state index in [2.05, 4.69) is 15.4 Å². The van der Waals surface area contributed by atoms with Crippen molar-refractivity contribution in [1.82, 2.24) is 10.6 Å². The fourth-order valence-corrected chi connectivity index (χ4v) is 1.58. The number of carboxylic acids is 1. The zero-order valence-corrected chi connectivity index (χ0v) is 11.8. The number of urea groups is 1. The topological polar surface area (TPSA) is 118 Å². The normalized spacial score (nSPS) is 11.5. The van der Waals surface area contributed by atoms with Gasteiger partial charge in [0, 0.05) is 6.42 Å². The molecule has 0 spiro atoms. The van der Waals surface area contributed by atoms with Crippen molar-refractivity contribution in [3.8, 4) is 0 Å². The Hall–Kier alpha value is -2.51. The predicted octanol–water partition coefficient (Wildman–Crippen LogP) is 0.794. The van der Waals surface area contributed by atoms with Gasteiger partial charge in [0.05, 0.1) is 13.7 Å². The van der Waals surface area contributed by atoms with Crippen molar-refractivity contribution in [3.63, 3.8) is 0 Å². The number of amides is 2. The minimum absolute atomic E-state index is 0.0463. The van der Waals surface area contributed by atoms with E-state index in [4.69, 9.17) is 9.52 Å². The first-order chi connectivity index (χ1) is 9.92. The molecular formula is C13H18N2O6. The van der Waals surface area contributed by atoms with Gasteiger partial charge in [-0.2, -0.15) is 0 Å². The largest absolute Gasteiger partial charge is 0.480 e. The average Bonchev–Trinajstić information content (AvgIpc) is 2.86. The number of hydrogen-bond acceptors (Lipinski definition) is 5. The average molecular weight is 298 g/mol. The lowest BCUT2D eigenvalue weighted by Gasteiger charge is -2.14. The number of carboxylic acid groups (broad SMARTS) is 1. The molecule has 1 aromatic rings. The van der Waals surface area contributed by atoms with Crippen LogP contribution in [0.2, 0.25) is 0 Å². The molecule has 8 nitrogen and oxygen atoms in total. The third-order valence-electron chi connectivity index (χ3n) is 2.69. The van der Waals surface area contributed by atoms with Crippen LogP contribution in [0.5, 0.6) is 0 Å². The van der Waals surface area contributed by atoms with Crippen LogP contribution < -0.4 is 10.6 Å². The van der Waals surface area contributed by atoms with E-state index in [0.29, 0.717) is 11.5 Å². The second-order valence-corrected chi connectivity index (χ2v) is 4.35. The lowest BCUT2D eigenvalue weighted by Crippen LogP contribution is -2.46. The van der Waals surface area contributed by atoms with E-state index < -0.39 is 24.0 Å². The molecule has 0 saturated heterocycles. The van der Waals surface area contributed by atoms with Gasteiger partial charge in [-0.3, -0.25) is 4.79 Å². The van der Waals surface area contributed by atoms with Crippen LogP contribution in [0, 0.1) is 6.92 Å². The Kier molecular flexibility index (Phi) is 6.25.